The maximum atomic E-state index is 10.7. The first-order valence-corrected chi connectivity index (χ1v) is 8.11. The van der Waals surface area contributed by atoms with Crippen LogP contribution in [0.1, 0.15) is 30.4 Å². The van der Waals surface area contributed by atoms with Gasteiger partial charge in [0.25, 0.3) is 0 Å². The Morgan fingerprint density at radius 3 is 1.61 bits per heavy atom. The molecule has 0 amide bonds. The van der Waals surface area contributed by atoms with Crippen LogP contribution in [-0.2, 0) is 14.1 Å². The topological polar surface area (TPSA) is 28.0 Å². The van der Waals surface area contributed by atoms with Crippen molar-refractivity contribution in [1.29, 1.82) is 0 Å². The minimum absolute atomic E-state index is 0.466. The van der Waals surface area contributed by atoms with E-state index >= 15 is 0 Å². The Kier molecular flexibility index (Phi) is 4.68. The van der Waals surface area contributed by atoms with Crippen LogP contribution in [0.3, 0.4) is 0 Å². The van der Waals surface area contributed by atoms with Crippen molar-refractivity contribution in [2.75, 3.05) is 0 Å². The summed E-state index contributed by atoms with van der Waals surface area (Å²) >= 11 is 0. The van der Waals surface area contributed by atoms with Crippen molar-refractivity contribution >= 4 is 12.2 Å². The maximum absolute atomic E-state index is 10.7. The highest BCUT2D eigenvalue weighted by molar-refractivity contribution is 5.60. The van der Waals surface area contributed by atoms with Crippen molar-refractivity contribution < 1.29 is 14.2 Å². The van der Waals surface area contributed by atoms with E-state index in [1.54, 1.807) is 0 Å². The van der Waals surface area contributed by atoms with E-state index in [0.29, 0.717) is 0 Å². The van der Waals surface area contributed by atoms with Crippen LogP contribution in [0.4, 0.5) is 0 Å². The SMILES string of the molecule is C[n+]1ccc(/C=C2\CCC/C(=C\c3cc[n+](C)cc3)C2O)cc1. The molecule has 3 heteroatoms. The Bertz CT molecular complexity index is 664. The highest BCUT2D eigenvalue weighted by Crippen LogP contribution is 2.31. The van der Waals surface area contributed by atoms with E-state index in [1.165, 1.54) is 0 Å². The van der Waals surface area contributed by atoms with Crippen molar-refractivity contribution in [3.05, 3.63) is 71.3 Å². The summed E-state index contributed by atoms with van der Waals surface area (Å²) < 4.78 is 4.03. The molecule has 3 nitrogen and oxygen atoms in total. The number of aryl methyl sites for hydroxylation is 2. The molecule has 2 aromatic heterocycles. The molecule has 0 bridgehead atoms. The second-order valence-electron chi connectivity index (χ2n) is 6.29. The largest absolute Gasteiger partial charge is 0.384 e. The Hall–Kier alpha value is -2.26. The number of hydrogen-bond donors (Lipinski definition) is 1. The molecular weight excluding hydrogens is 284 g/mol. The lowest BCUT2D eigenvalue weighted by atomic mass is 9.85. The van der Waals surface area contributed by atoms with E-state index in [1.807, 2.05) is 48.0 Å². The molecule has 0 radical (unpaired) electrons. The van der Waals surface area contributed by atoms with Gasteiger partial charge in [-0.2, -0.15) is 0 Å². The van der Waals surface area contributed by atoms with E-state index in [-0.39, 0.29) is 0 Å². The number of aromatic nitrogens is 2. The van der Waals surface area contributed by atoms with Gasteiger partial charge in [-0.25, -0.2) is 9.13 Å². The van der Waals surface area contributed by atoms with Crippen LogP contribution in [0.15, 0.2) is 60.2 Å². The molecule has 1 saturated carbocycles. The fourth-order valence-electron chi connectivity index (χ4n) is 2.96. The molecule has 2 aromatic rings. The second kappa shape index (κ2) is 6.88. The molecular formula is C20H24N2O+2. The number of aliphatic hydroxyl groups excluding tert-OH is 1. The van der Waals surface area contributed by atoms with Crippen LogP contribution in [-0.4, -0.2) is 11.2 Å². The van der Waals surface area contributed by atoms with Gasteiger partial charge in [0.15, 0.2) is 24.8 Å². The monoisotopic (exact) mass is 308 g/mol. The van der Waals surface area contributed by atoms with Gasteiger partial charge in [-0.3, -0.25) is 0 Å². The van der Waals surface area contributed by atoms with Crippen molar-refractivity contribution in [3.8, 4) is 0 Å². The molecule has 1 aliphatic carbocycles. The first kappa shape index (κ1) is 15.6. The standard InChI is InChI=1S/C20H24N2O/c1-21-10-6-16(7-11-21)14-18-4-3-5-19(20(18)23)15-17-8-12-22(2)13-9-17/h6-15,20,23H,3-5H2,1-2H3/q+2/b18-14+,19-15+. The van der Waals surface area contributed by atoms with Crippen LogP contribution < -0.4 is 9.13 Å². The van der Waals surface area contributed by atoms with Gasteiger partial charge in [0, 0.05) is 24.3 Å². The van der Waals surface area contributed by atoms with Crippen molar-refractivity contribution in [3.63, 3.8) is 0 Å². The van der Waals surface area contributed by atoms with Crippen molar-refractivity contribution in [2.24, 2.45) is 14.1 Å². The number of nitrogens with zero attached hydrogens (tertiary/aromatic N) is 2. The second-order valence-corrected chi connectivity index (χ2v) is 6.29. The summed E-state index contributed by atoms with van der Waals surface area (Å²) in [6.45, 7) is 0. The summed E-state index contributed by atoms with van der Waals surface area (Å²) in [5.74, 6) is 0. The van der Waals surface area contributed by atoms with Gasteiger partial charge in [0.1, 0.15) is 14.1 Å². The third-order valence-electron chi connectivity index (χ3n) is 4.35. The van der Waals surface area contributed by atoms with Crippen molar-refractivity contribution in [2.45, 2.75) is 25.4 Å². The van der Waals surface area contributed by atoms with Crippen LogP contribution in [0, 0.1) is 0 Å². The van der Waals surface area contributed by atoms with E-state index in [4.69, 9.17) is 0 Å². The summed E-state index contributed by atoms with van der Waals surface area (Å²) in [5.41, 5.74) is 4.51. The lowest BCUT2D eigenvalue weighted by Crippen LogP contribution is -2.26. The average molecular weight is 308 g/mol. The van der Waals surface area contributed by atoms with Gasteiger partial charge in [-0.1, -0.05) is 12.2 Å². The van der Waals surface area contributed by atoms with Crippen molar-refractivity contribution in [1.82, 2.24) is 0 Å². The Balaban J connectivity index is 1.84. The minimum Gasteiger partial charge on any atom is -0.384 e. The normalized spacial score (nSPS) is 19.4. The molecule has 0 spiro atoms. The first-order valence-electron chi connectivity index (χ1n) is 8.11. The molecule has 0 unspecified atom stereocenters. The molecule has 2 heterocycles. The van der Waals surface area contributed by atoms with Gasteiger partial charge in [-0.15, -0.1) is 0 Å². The number of hydrogen-bond acceptors (Lipinski definition) is 1. The van der Waals surface area contributed by atoms with E-state index in [9.17, 15) is 5.11 Å². The summed E-state index contributed by atoms with van der Waals surface area (Å²) in [7, 11) is 4.01. The summed E-state index contributed by atoms with van der Waals surface area (Å²) in [6, 6.07) is 8.31. The lowest BCUT2D eigenvalue weighted by molar-refractivity contribution is -0.671. The highest BCUT2D eigenvalue weighted by atomic mass is 16.3. The Morgan fingerprint density at radius 1 is 0.826 bits per heavy atom. The minimum atomic E-state index is -0.466. The maximum Gasteiger partial charge on any atom is 0.169 e. The van der Waals surface area contributed by atoms with Crippen LogP contribution in [0.2, 0.25) is 0 Å². The van der Waals surface area contributed by atoms with Gasteiger partial charge in [-0.05, 0) is 41.5 Å². The average Bonchev–Trinajstić information content (AvgIpc) is 2.55. The predicted octanol–water partition coefficient (Wildman–Crippen LogP) is 2.35. The van der Waals surface area contributed by atoms with Gasteiger partial charge in [0.05, 0.1) is 6.10 Å². The quantitative estimate of drug-likeness (QED) is 0.848. The molecule has 0 atom stereocenters. The lowest BCUT2D eigenvalue weighted by Gasteiger charge is -2.24. The molecule has 1 aliphatic rings. The Morgan fingerprint density at radius 2 is 1.22 bits per heavy atom. The molecule has 1 fully saturated rings. The van der Waals surface area contributed by atoms with Gasteiger partial charge >= 0.3 is 0 Å². The van der Waals surface area contributed by atoms with Gasteiger partial charge < -0.3 is 5.11 Å². The molecule has 1 N–H and O–H groups in total. The summed E-state index contributed by atoms with van der Waals surface area (Å²) in [6.07, 6.45) is 14.9. The molecule has 3 rings (SSSR count). The summed E-state index contributed by atoms with van der Waals surface area (Å²) in [4.78, 5) is 0. The molecule has 0 aromatic carbocycles. The zero-order valence-electron chi connectivity index (χ0n) is 13.8. The molecule has 23 heavy (non-hydrogen) atoms. The fraction of sp³-hybridized carbons (Fsp3) is 0.300. The predicted molar refractivity (Wildman–Crippen MR) is 91.0 cm³/mol. The number of rotatable bonds is 2. The molecule has 118 valence electrons. The van der Waals surface area contributed by atoms with Gasteiger partial charge in [0.2, 0.25) is 0 Å². The Labute approximate surface area is 137 Å². The number of pyridine rings is 2. The van der Waals surface area contributed by atoms with Crippen LogP contribution >= 0.6 is 0 Å². The zero-order chi connectivity index (χ0) is 16.2. The van der Waals surface area contributed by atoms with Crippen LogP contribution in [0.25, 0.3) is 12.2 Å². The van der Waals surface area contributed by atoms with E-state index in [0.717, 1.165) is 41.5 Å². The third-order valence-corrected chi connectivity index (χ3v) is 4.35. The zero-order valence-corrected chi connectivity index (χ0v) is 13.8. The molecule has 0 saturated heterocycles. The van der Waals surface area contributed by atoms with E-state index in [2.05, 4.69) is 36.4 Å². The highest BCUT2D eigenvalue weighted by Gasteiger charge is 2.21. The number of aliphatic hydroxyl groups is 1. The first-order chi connectivity index (χ1) is 11.1. The smallest absolute Gasteiger partial charge is 0.169 e. The molecule has 0 aliphatic heterocycles. The third kappa shape index (κ3) is 3.93. The summed E-state index contributed by atoms with van der Waals surface area (Å²) in [5, 5.41) is 10.7. The van der Waals surface area contributed by atoms with Crippen LogP contribution in [0.5, 0.6) is 0 Å². The van der Waals surface area contributed by atoms with E-state index < -0.39 is 6.10 Å². The fourth-order valence-corrected chi connectivity index (χ4v) is 2.96.